The van der Waals surface area contributed by atoms with Gasteiger partial charge in [-0.25, -0.2) is 0 Å². The fourth-order valence-corrected chi connectivity index (χ4v) is 3.23. The molecule has 2 heterocycles. The fraction of sp³-hybridized carbons (Fsp3) is 0.125. The number of carbonyl (C=O) groups is 2. The number of thiophene rings is 1. The number of imide groups is 1. The highest BCUT2D eigenvalue weighted by Gasteiger charge is 2.37. The SMILES string of the molecule is Cc1c(Cl)cccc1NC1=C(c2cccs2)C(=O)N(C)C1=O. The van der Waals surface area contributed by atoms with Crippen LogP contribution < -0.4 is 5.32 Å². The van der Waals surface area contributed by atoms with Crippen LogP contribution in [0.4, 0.5) is 5.69 Å². The van der Waals surface area contributed by atoms with Crippen LogP contribution >= 0.6 is 22.9 Å². The van der Waals surface area contributed by atoms with E-state index in [1.54, 1.807) is 12.1 Å². The molecule has 6 heteroatoms. The quantitative estimate of drug-likeness (QED) is 0.875. The van der Waals surface area contributed by atoms with E-state index in [4.69, 9.17) is 11.6 Å². The molecule has 1 aromatic carbocycles. The van der Waals surface area contributed by atoms with Gasteiger partial charge >= 0.3 is 0 Å². The van der Waals surface area contributed by atoms with Crippen molar-refractivity contribution >= 4 is 46.0 Å². The lowest BCUT2D eigenvalue weighted by Gasteiger charge is -2.12. The summed E-state index contributed by atoms with van der Waals surface area (Å²) in [6.45, 7) is 1.86. The molecule has 3 rings (SSSR count). The van der Waals surface area contributed by atoms with Crippen molar-refractivity contribution in [2.75, 3.05) is 12.4 Å². The minimum Gasteiger partial charge on any atom is -0.350 e. The highest BCUT2D eigenvalue weighted by molar-refractivity contribution is 7.11. The first-order valence-electron chi connectivity index (χ1n) is 6.63. The van der Waals surface area contributed by atoms with E-state index in [9.17, 15) is 9.59 Å². The summed E-state index contributed by atoms with van der Waals surface area (Å²) in [7, 11) is 1.48. The van der Waals surface area contributed by atoms with Crippen LogP contribution in [0.15, 0.2) is 41.4 Å². The first-order valence-corrected chi connectivity index (χ1v) is 7.89. The molecule has 1 aromatic heterocycles. The number of anilines is 1. The molecule has 1 aliphatic heterocycles. The molecule has 0 saturated carbocycles. The Hall–Kier alpha value is -2.11. The van der Waals surface area contributed by atoms with Crippen LogP contribution in [0.1, 0.15) is 10.4 Å². The first kappa shape index (κ1) is 14.8. The molecule has 0 unspecified atom stereocenters. The number of hydrogen-bond acceptors (Lipinski definition) is 4. The van der Waals surface area contributed by atoms with E-state index in [0.717, 1.165) is 15.3 Å². The van der Waals surface area contributed by atoms with E-state index in [1.807, 2.05) is 30.5 Å². The predicted octanol–water partition coefficient (Wildman–Crippen LogP) is 3.53. The van der Waals surface area contributed by atoms with Gasteiger partial charge in [0, 0.05) is 22.6 Å². The Kier molecular flexibility index (Phi) is 3.76. The van der Waals surface area contributed by atoms with E-state index in [-0.39, 0.29) is 11.8 Å². The molecule has 1 aliphatic rings. The Labute approximate surface area is 137 Å². The number of carbonyl (C=O) groups excluding carboxylic acids is 2. The predicted molar refractivity (Wildman–Crippen MR) is 88.8 cm³/mol. The van der Waals surface area contributed by atoms with Gasteiger partial charge in [0.2, 0.25) is 0 Å². The second kappa shape index (κ2) is 5.59. The van der Waals surface area contributed by atoms with Crippen LogP contribution in [-0.4, -0.2) is 23.8 Å². The van der Waals surface area contributed by atoms with E-state index in [1.165, 1.54) is 18.4 Å². The first-order chi connectivity index (χ1) is 10.5. The molecule has 0 spiro atoms. The average molecular weight is 333 g/mol. The van der Waals surface area contributed by atoms with Crippen LogP contribution in [0.2, 0.25) is 5.02 Å². The zero-order valence-corrected chi connectivity index (χ0v) is 13.6. The van der Waals surface area contributed by atoms with Gasteiger partial charge in [0.05, 0.1) is 5.57 Å². The molecule has 0 aliphatic carbocycles. The number of likely N-dealkylation sites (N-methyl/N-ethyl adjacent to an activating group) is 1. The third-order valence-electron chi connectivity index (χ3n) is 3.58. The number of halogens is 1. The standard InChI is InChI=1S/C16H13ClN2O2S/c1-9-10(17)5-3-6-11(9)18-14-13(12-7-4-8-22-12)15(20)19(2)16(14)21/h3-8,18H,1-2H3. The van der Waals surface area contributed by atoms with Crippen LogP contribution in [0, 0.1) is 6.92 Å². The number of nitrogens with one attached hydrogen (secondary N) is 1. The summed E-state index contributed by atoms with van der Waals surface area (Å²) in [4.78, 5) is 26.6. The molecule has 0 saturated heterocycles. The van der Waals surface area contributed by atoms with E-state index in [0.29, 0.717) is 22.0 Å². The van der Waals surface area contributed by atoms with E-state index >= 15 is 0 Å². The number of hydrogen-bond donors (Lipinski definition) is 1. The lowest BCUT2D eigenvalue weighted by molar-refractivity contribution is -0.135. The normalized spacial score (nSPS) is 15.0. The van der Waals surface area contributed by atoms with E-state index < -0.39 is 0 Å². The molecular formula is C16H13ClN2O2S. The van der Waals surface area contributed by atoms with Gasteiger partial charge in [0.25, 0.3) is 11.8 Å². The van der Waals surface area contributed by atoms with Crippen molar-refractivity contribution in [3.8, 4) is 0 Å². The summed E-state index contributed by atoms with van der Waals surface area (Å²) in [6.07, 6.45) is 0. The molecule has 2 aromatic rings. The monoisotopic (exact) mass is 332 g/mol. The van der Waals surface area contributed by atoms with Crippen molar-refractivity contribution in [3.63, 3.8) is 0 Å². The van der Waals surface area contributed by atoms with Gasteiger partial charge < -0.3 is 5.32 Å². The molecule has 4 nitrogen and oxygen atoms in total. The maximum Gasteiger partial charge on any atom is 0.277 e. The van der Waals surface area contributed by atoms with Crippen LogP contribution in [0.3, 0.4) is 0 Å². The van der Waals surface area contributed by atoms with Crippen molar-refractivity contribution in [1.82, 2.24) is 4.90 Å². The van der Waals surface area contributed by atoms with Crippen molar-refractivity contribution in [1.29, 1.82) is 0 Å². The molecule has 1 N–H and O–H groups in total. The highest BCUT2D eigenvalue weighted by Crippen LogP contribution is 2.33. The average Bonchev–Trinajstić information content (AvgIpc) is 3.08. The topological polar surface area (TPSA) is 49.4 Å². The third kappa shape index (κ3) is 2.32. The molecule has 0 bridgehead atoms. The molecular weight excluding hydrogens is 320 g/mol. The molecule has 2 amide bonds. The van der Waals surface area contributed by atoms with Gasteiger partial charge in [-0.1, -0.05) is 23.7 Å². The fourth-order valence-electron chi connectivity index (χ4n) is 2.28. The summed E-state index contributed by atoms with van der Waals surface area (Å²) in [5.74, 6) is -0.637. The second-order valence-electron chi connectivity index (χ2n) is 4.93. The van der Waals surface area contributed by atoms with Crippen molar-refractivity contribution < 1.29 is 9.59 Å². The van der Waals surface area contributed by atoms with Gasteiger partial charge in [-0.15, -0.1) is 11.3 Å². The molecule has 22 heavy (non-hydrogen) atoms. The summed E-state index contributed by atoms with van der Waals surface area (Å²) < 4.78 is 0. The van der Waals surface area contributed by atoms with Crippen molar-refractivity contribution in [2.45, 2.75) is 6.92 Å². The second-order valence-corrected chi connectivity index (χ2v) is 6.29. The number of rotatable bonds is 3. The van der Waals surface area contributed by atoms with Crippen LogP contribution in [0.5, 0.6) is 0 Å². The zero-order valence-electron chi connectivity index (χ0n) is 12.0. The summed E-state index contributed by atoms with van der Waals surface area (Å²) in [6, 6.07) is 9.09. The number of benzene rings is 1. The van der Waals surface area contributed by atoms with Gasteiger partial charge in [0.1, 0.15) is 5.70 Å². The van der Waals surface area contributed by atoms with Gasteiger partial charge in [0.15, 0.2) is 0 Å². The third-order valence-corrected chi connectivity index (χ3v) is 4.88. The Bertz CT molecular complexity index is 796. The maximum atomic E-state index is 12.4. The molecule has 0 radical (unpaired) electrons. The van der Waals surface area contributed by atoms with Crippen molar-refractivity contribution in [3.05, 3.63) is 56.9 Å². The lowest BCUT2D eigenvalue weighted by Crippen LogP contribution is -2.27. The molecule has 0 fully saturated rings. The minimum atomic E-state index is -0.340. The Morgan fingerprint density at radius 1 is 1.14 bits per heavy atom. The smallest absolute Gasteiger partial charge is 0.277 e. The zero-order chi connectivity index (χ0) is 15.9. The lowest BCUT2D eigenvalue weighted by atomic mass is 10.1. The Morgan fingerprint density at radius 2 is 1.91 bits per heavy atom. The minimum absolute atomic E-state index is 0.292. The van der Waals surface area contributed by atoms with Gasteiger partial charge in [-0.2, -0.15) is 0 Å². The van der Waals surface area contributed by atoms with Gasteiger partial charge in [-0.05, 0) is 36.1 Å². The Morgan fingerprint density at radius 3 is 2.59 bits per heavy atom. The van der Waals surface area contributed by atoms with Crippen LogP contribution in [0.25, 0.3) is 5.57 Å². The number of nitrogens with zero attached hydrogens (tertiary/aromatic N) is 1. The Balaban J connectivity index is 2.10. The van der Waals surface area contributed by atoms with E-state index in [2.05, 4.69) is 5.32 Å². The number of amides is 2. The van der Waals surface area contributed by atoms with Crippen molar-refractivity contribution in [2.24, 2.45) is 0 Å². The summed E-state index contributed by atoms with van der Waals surface area (Å²) in [5.41, 5.74) is 2.24. The van der Waals surface area contributed by atoms with Crippen LogP contribution in [-0.2, 0) is 9.59 Å². The summed E-state index contributed by atoms with van der Waals surface area (Å²) in [5, 5.41) is 5.57. The van der Waals surface area contributed by atoms with Gasteiger partial charge in [-0.3, -0.25) is 14.5 Å². The molecule has 112 valence electrons. The highest BCUT2D eigenvalue weighted by atomic mass is 35.5. The largest absolute Gasteiger partial charge is 0.350 e. The molecule has 0 atom stereocenters. The summed E-state index contributed by atoms with van der Waals surface area (Å²) >= 11 is 7.54. The maximum absolute atomic E-state index is 12.4.